The Morgan fingerprint density at radius 1 is 1.28 bits per heavy atom. The van der Waals surface area contributed by atoms with Crippen molar-refractivity contribution in [3.8, 4) is 0 Å². The Bertz CT molecular complexity index is 721. The molecule has 2 heterocycles. The van der Waals surface area contributed by atoms with Crippen molar-refractivity contribution in [1.82, 2.24) is 4.90 Å². The fourth-order valence-electron chi connectivity index (χ4n) is 2.90. The molecule has 1 saturated heterocycles. The highest BCUT2D eigenvalue weighted by molar-refractivity contribution is 6.03. The summed E-state index contributed by atoms with van der Waals surface area (Å²) in [6.45, 7) is 3.93. The van der Waals surface area contributed by atoms with E-state index in [1.807, 2.05) is 6.92 Å². The van der Waals surface area contributed by atoms with Gasteiger partial charge in [0.15, 0.2) is 5.76 Å². The van der Waals surface area contributed by atoms with Crippen LogP contribution in [0.15, 0.2) is 47.1 Å². The van der Waals surface area contributed by atoms with E-state index in [-0.39, 0.29) is 23.7 Å². The number of likely N-dealkylation sites (N-methyl/N-ethyl adjacent to an activating group) is 1. The second-order valence-electron chi connectivity index (χ2n) is 5.99. The number of anilines is 1. The minimum atomic E-state index is -0.346. The maximum Gasteiger partial charge on any atom is 0.291 e. The summed E-state index contributed by atoms with van der Waals surface area (Å²) >= 11 is 0. The smallest absolute Gasteiger partial charge is 0.291 e. The van der Waals surface area contributed by atoms with Crippen molar-refractivity contribution in [3.05, 3.63) is 54.0 Å². The third-order valence-corrected chi connectivity index (χ3v) is 4.23. The van der Waals surface area contributed by atoms with Crippen molar-refractivity contribution in [2.75, 3.05) is 25.0 Å². The molecule has 2 amide bonds. The lowest BCUT2D eigenvalue weighted by Crippen LogP contribution is -2.37. The molecule has 1 aliphatic rings. The molecule has 3 rings (SSSR count). The van der Waals surface area contributed by atoms with Crippen molar-refractivity contribution in [3.63, 3.8) is 0 Å². The van der Waals surface area contributed by atoms with Crippen LogP contribution in [-0.4, -0.2) is 42.5 Å². The van der Waals surface area contributed by atoms with Gasteiger partial charge in [0.05, 0.1) is 12.4 Å². The van der Waals surface area contributed by atoms with Gasteiger partial charge < -0.3 is 19.4 Å². The van der Waals surface area contributed by atoms with Gasteiger partial charge in [-0.3, -0.25) is 9.59 Å². The molecule has 1 atom stereocenters. The molecule has 6 heteroatoms. The summed E-state index contributed by atoms with van der Waals surface area (Å²) in [7, 11) is 0. The van der Waals surface area contributed by atoms with Gasteiger partial charge in [-0.1, -0.05) is 6.07 Å². The number of amides is 2. The molecular formula is C19H22N2O4. The summed E-state index contributed by atoms with van der Waals surface area (Å²) in [5.74, 6) is -0.182. The number of furan rings is 1. The molecule has 6 nitrogen and oxygen atoms in total. The van der Waals surface area contributed by atoms with Crippen LogP contribution in [0, 0.1) is 0 Å². The molecule has 0 radical (unpaired) electrons. The maximum absolute atomic E-state index is 12.8. The van der Waals surface area contributed by atoms with Gasteiger partial charge in [0, 0.05) is 30.9 Å². The predicted octanol–water partition coefficient (Wildman–Crippen LogP) is 3.17. The molecule has 1 N–H and O–H groups in total. The highest BCUT2D eigenvalue weighted by Crippen LogP contribution is 2.17. The van der Waals surface area contributed by atoms with Crippen LogP contribution in [0.25, 0.3) is 0 Å². The lowest BCUT2D eigenvalue weighted by atomic mass is 10.1. The molecule has 1 aliphatic heterocycles. The molecule has 2 aromatic rings. The zero-order chi connectivity index (χ0) is 17.6. The van der Waals surface area contributed by atoms with Gasteiger partial charge in [0.25, 0.3) is 11.8 Å². The summed E-state index contributed by atoms with van der Waals surface area (Å²) in [5, 5.41) is 2.74. The van der Waals surface area contributed by atoms with Crippen LogP contribution < -0.4 is 5.32 Å². The van der Waals surface area contributed by atoms with Crippen LogP contribution in [0.5, 0.6) is 0 Å². The van der Waals surface area contributed by atoms with E-state index in [1.165, 1.54) is 6.26 Å². The minimum Gasteiger partial charge on any atom is -0.459 e. The number of rotatable bonds is 6. The Balaban J connectivity index is 1.68. The Morgan fingerprint density at radius 2 is 2.16 bits per heavy atom. The highest BCUT2D eigenvalue weighted by atomic mass is 16.5. The summed E-state index contributed by atoms with van der Waals surface area (Å²) in [4.78, 5) is 26.6. The second-order valence-corrected chi connectivity index (χ2v) is 5.99. The molecule has 0 spiro atoms. The fraction of sp³-hybridized carbons (Fsp3) is 0.368. The Morgan fingerprint density at radius 3 is 2.84 bits per heavy atom. The van der Waals surface area contributed by atoms with Crippen LogP contribution in [0.3, 0.4) is 0 Å². The number of nitrogens with one attached hydrogen (secondary N) is 1. The van der Waals surface area contributed by atoms with Crippen LogP contribution in [0.4, 0.5) is 5.69 Å². The van der Waals surface area contributed by atoms with Crippen LogP contribution in [0.1, 0.15) is 40.7 Å². The van der Waals surface area contributed by atoms with Gasteiger partial charge in [-0.15, -0.1) is 0 Å². The number of nitrogens with zero attached hydrogens (tertiary/aromatic N) is 1. The molecule has 0 bridgehead atoms. The molecule has 0 saturated carbocycles. The molecule has 0 unspecified atom stereocenters. The fourth-order valence-corrected chi connectivity index (χ4v) is 2.90. The first-order chi connectivity index (χ1) is 12.2. The van der Waals surface area contributed by atoms with Gasteiger partial charge in [0.1, 0.15) is 0 Å². The number of benzene rings is 1. The van der Waals surface area contributed by atoms with Gasteiger partial charge in [-0.25, -0.2) is 0 Å². The van der Waals surface area contributed by atoms with Crippen molar-refractivity contribution >= 4 is 17.5 Å². The monoisotopic (exact) mass is 342 g/mol. The van der Waals surface area contributed by atoms with Crippen LogP contribution in [0.2, 0.25) is 0 Å². The molecule has 0 aliphatic carbocycles. The Labute approximate surface area is 146 Å². The van der Waals surface area contributed by atoms with E-state index in [4.69, 9.17) is 9.15 Å². The van der Waals surface area contributed by atoms with Crippen LogP contribution in [-0.2, 0) is 4.74 Å². The summed E-state index contributed by atoms with van der Waals surface area (Å²) < 4.78 is 10.7. The van der Waals surface area contributed by atoms with E-state index in [0.29, 0.717) is 24.3 Å². The van der Waals surface area contributed by atoms with Gasteiger partial charge >= 0.3 is 0 Å². The lowest BCUT2D eigenvalue weighted by Gasteiger charge is -2.24. The normalized spacial score (nSPS) is 16.6. The SMILES string of the molecule is CCN(C[C@H]1CCCO1)C(=O)c1cccc(NC(=O)c2ccco2)c1. The van der Waals surface area contributed by atoms with E-state index in [1.54, 1.807) is 41.3 Å². The molecule has 1 aromatic carbocycles. The average molecular weight is 342 g/mol. The average Bonchev–Trinajstić information content (AvgIpc) is 3.33. The number of carbonyl (C=O) groups excluding carboxylic acids is 2. The summed E-state index contributed by atoms with van der Waals surface area (Å²) in [6.07, 6.45) is 3.60. The molecule has 132 valence electrons. The highest BCUT2D eigenvalue weighted by Gasteiger charge is 2.22. The van der Waals surface area contributed by atoms with E-state index in [0.717, 1.165) is 19.4 Å². The van der Waals surface area contributed by atoms with E-state index < -0.39 is 0 Å². The first-order valence-corrected chi connectivity index (χ1v) is 8.53. The zero-order valence-electron chi connectivity index (χ0n) is 14.2. The van der Waals surface area contributed by atoms with Crippen molar-refractivity contribution in [1.29, 1.82) is 0 Å². The van der Waals surface area contributed by atoms with Gasteiger partial charge in [0.2, 0.25) is 0 Å². The maximum atomic E-state index is 12.8. The van der Waals surface area contributed by atoms with Crippen molar-refractivity contribution in [2.24, 2.45) is 0 Å². The van der Waals surface area contributed by atoms with E-state index >= 15 is 0 Å². The van der Waals surface area contributed by atoms with Crippen LogP contribution >= 0.6 is 0 Å². The first kappa shape index (κ1) is 17.2. The molecular weight excluding hydrogens is 320 g/mol. The minimum absolute atomic E-state index is 0.0629. The van der Waals surface area contributed by atoms with E-state index in [2.05, 4.69) is 5.32 Å². The van der Waals surface area contributed by atoms with Gasteiger partial charge in [-0.2, -0.15) is 0 Å². The van der Waals surface area contributed by atoms with Crippen molar-refractivity contribution < 1.29 is 18.7 Å². The number of ether oxygens (including phenoxy) is 1. The summed E-state index contributed by atoms with van der Waals surface area (Å²) in [6, 6.07) is 10.2. The molecule has 25 heavy (non-hydrogen) atoms. The standard InChI is InChI=1S/C19H22N2O4/c1-2-21(13-16-8-4-10-24-16)19(23)14-6-3-7-15(12-14)20-18(22)17-9-5-11-25-17/h3,5-7,9,11-12,16H,2,4,8,10,13H2,1H3,(H,20,22)/t16-/m1/s1. The number of carbonyl (C=O) groups is 2. The third kappa shape index (κ3) is 4.28. The zero-order valence-corrected chi connectivity index (χ0v) is 14.2. The first-order valence-electron chi connectivity index (χ1n) is 8.53. The Kier molecular flexibility index (Phi) is 5.50. The second kappa shape index (κ2) is 7.98. The molecule has 1 fully saturated rings. The van der Waals surface area contributed by atoms with Crippen molar-refractivity contribution in [2.45, 2.75) is 25.9 Å². The lowest BCUT2D eigenvalue weighted by molar-refractivity contribution is 0.0539. The quantitative estimate of drug-likeness (QED) is 0.875. The number of hydrogen-bond donors (Lipinski definition) is 1. The van der Waals surface area contributed by atoms with Gasteiger partial charge in [-0.05, 0) is 50.1 Å². The largest absolute Gasteiger partial charge is 0.459 e. The van der Waals surface area contributed by atoms with E-state index in [9.17, 15) is 9.59 Å². The summed E-state index contributed by atoms with van der Waals surface area (Å²) in [5.41, 5.74) is 1.09. The molecule has 1 aromatic heterocycles. The Hall–Kier alpha value is -2.60. The third-order valence-electron chi connectivity index (χ3n) is 4.23. The number of hydrogen-bond acceptors (Lipinski definition) is 4. The predicted molar refractivity (Wildman–Crippen MR) is 93.7 cm³/mol. The topological polar surface area (TPSA) is 71.8 Å².